The Morgan fingerprint density at radius 1 is 0.914 bits per heavy atom. The molecule has 1 aromatic carbocycles. The smallest absolute Gasteiger partial charge is 0.312 e. The minimum atomic E-state index is -0.721. The summed E-state index contributed by atoms with van der Waals surface area (Å²) >= 11 is 0. The van der Waals surface area contributed by atoms with Crippen molar-refractivity contribution in [1.29, 1.82) is 0 Å². The third-order valence-corrected chi connectivity index (χ3v) is 6.60. The highest BCUT2D eigenvalue weighted by Crippen LogP contribution is 2.20. The van der Waals surface area contributed by atoms with Gasteiger partial charge >= 0.3 is 11.8 Å². The zero-order valence-electron chi connectivity index (χ0n) is 20.3. The molecule has 2 aliphatic heterocycles. The number of para-hydroxylation sites is 1. The van der Waals surface area contributed by atoms with Crippen LogP contribution in [-0.2, 0) is 30.3 Å². The third-order valence-electron chi connectivity index (χ3n) is 6.60. The van der Waals surface area contributed by atoms with Crippen LogP contribution in [0.4, 0.5) is 0 Å². The molecule has 188 valence electrons. The van der Waals surface area contributed by atoms with Gasteiger partial charge in [-0.2, -0.15) is 0 Å². The molecule has 3 heterocycles. The number of morpholine rings is 1. The molecule has 4 rings (SSSR count). The van der Waals surface area contributed by atoms with E-state index in [9.17, 15) is 19.2 Å². The Balaban J connectivity index is 1.41. The number of nitrogens with zero attached hydrogens (tertiary/aromatic N) is 3. The number of benzene rings is 1. The second kappa shape index (κ2) is 10.9. The summed E-state index contributed by atoms with van der Waals surface area (Å²) in [5.41, 5.74) is 1.92. The van der Waals surface area contributed by atoms with Gasteiger partial charge in [0, 0.05) is 68.7 Å². The average Bonchev–Trinajstić information content (AvgIpc) is 3.30. The van der Waals surface area contributed by atoms with E-state index in [-0.39, 0.29) is 30.8 Å². The van der Waals surface area contributed by atoms with Gasteiger partial charge in [0.25, 0.3) is 0 Å². The molecule has 2 N–H and O–H groups in total. The van der Waals surface area contributed by atoms with Crippen LogP contribution in [0.15, 0.2) is 30.5 Å². The molecule has 1 atom stereocenters. The van der Waals surface area contributed by atoms with Crippen LogP contribution in [0.2, 0.25) is 0 Å². The van der Waals surface area contributed by atoms with Gasteiger partial charge in [0.1, 0.15) is 6.04 Å². The van der Waals surface area contributed by atoms with Gasteiger partial charge in [-0.15, -0.1) is 0 Å². The first kappa shape index (κ1) is 24.7. The normalized spacial score (nSPS) is 17.5. The lowest BCUT2D eigenvalue weighted by Gasteiger charge is -2.37. The summed E-state index contributed by atoms with van der Waals surface area (Å²) in [6, 6.07) is 7.12. The molecule has 2 aliphatic rings. The van der Waals surface area contributed by atoms with Crippen LogP contribution < -0.4 is 5.32 Å². The van der Waals surface area contributed by atoms with Gasteiger partial charge in [-0.05, 0) is 11.6 Å². The lowest BCUT2D eigenvalue weighted by atomic mass is 10.0. The summed E-state index contributed by atoms with van der Waals surface area (Å²) in [4.78, 5) is 59.1. The number of hydrogen-bond acceptors (Lipinski definition) is 5. The fourth-order valence-electron chi connectivity index (χ4n) is 4.45. The molecule has 10 heteroatoms. The van der Waals surface area contributed by atoms with Gasteiger partial charge in [0.15, 0.2) is 0 Å². The summed E-state index contributed by atoms with van der Waals surface area (Å²) in [5.74, 6) is -1.69. The van der Waals surface area contributed by atoms with E-state index in [4.69, 9.17) is 4.74 Å². The standard InChI is InChI=1S/C25H33N5O5/c1-17(2)22(31)27-21(15-18-16-26-20-6-4-3-5-19(18)20)23(32)28-7-9-29(10-8-28)24(33)25(34)30-11-13-35-14-12-30/h3-6,16-17,21,26H,7-15H2,1-2H3,(H,27,31). The lowest BCUT2D eigenvalue weighted by Crippen LogP contribution is -2.58. The Morgan fingerprint density at radius 2 is 1.51 bits per heavy atom. The summed E-state index contributed by atoms with van der Waals surface area (Å²) in [5, 5.41) is 3.93. The maximum Gasteiger partial charge on any atom is 0.312 e. The van der Waals surface area contributed by atoms with Crippen molar-refractivity contribution in [2.45, 2.75) is 26.3 Å². The number of piperazine rings is 1. The zero-order chi connectivity index (χ0) is 24.9. The fourth-order valence-corrected chi connectivity index (χ4v) is 4.45. The summed E-state index contributed by atoms with van der Waals surface area (Å²) in [7, 11) is 0. The Hall–Kier alpha value is -3.40. The molecule has 10 nitrogen and oxygen atoms in total. The van der Waals surface area contributed by atoms with Crippen LogP contribution in [-0.4, -0.2) is 102 Å². The predicted molar refractivity (Wildman–Crippen MR) is 129 cm³/mol. The van der Waals surface area contributed by atoms with Gasteiger partial charge < -0.3 is 29.7 Å². The third kappa shape index (κ3) is 5.64. The van der Waals surface area contributed by atoms with Crippen LogP contribution >= 0.6 is 0 Å². The van der Waals surface area contributed by atoms with Gasteiger partial charge in [0.2, 0.25) is 11.8 Å². The van der Waals surface area contributed by atoms with Gasteiger partial charge in [-0.25, -0.2) is 0 Å². The van der Waals surface area contributed by atoms with E-state index in [1.807, 2.05) is 30.5 Å². The van der Waals surface area contributed by atoms with E-state index in [2.05, 4.69) is 10.3 Å². The van der Waals surface area contributed by atoms with Crippen LogP contribution in [0.1, 0.15) is 19.4 Å². The number of ether oxygens (including phenoxy) is 1. The highest BCUT2D eigenvalue weighted by Gasteiger charge is 2.34. The maximum absolute atomic E-state index is 13.5. The Morgan fingerprint density at radius 3 is 2.17 bits per heavy atom. The summed E-state index contributed by atoms with van der Waals surface area (Å²) < 4.78 is 5.25. The SMILES string of the molecule is CC(C)C(=O)NC(Cc1c[nH]c2ccccc12)C(=O)N1CCN(C(=O)C(=O)N2CCOCC2)CC1. The van der Waals surface area contributed by atoms with Crippen molar-refractivity contribution in [3.8, 4) is 0 Å². The van der Waals surface area contributed by atoms with E-state index in [0.717, 1.165) is 16.5 Å². The number of H-pyrrole nitrogens is 1. The molecule has 1 aromatic heterocycles. The fraction of sp³-hybridized carbons (Fsp3) is 0.520. The van der Waals surface area contributed by atoms with Crippen LogP contribution in [0.25, 0.3) is 10.9 Å². The number of carbonyl (C=O) groups excluding carboxylic acids is 4. The number of hydrogen-bond donors (Lipinski definition) is 2. The van der Waals surface area contributed by atoms with Crippen LogP contribution in [0.5, 0.6) is 0 Å². The Labute approximate surface area is 204 Å². The summed E-state index contributed by atoms with van der Waals surface area (Å²) in [6.07, 6.45) is 2.23. The number of rotatable bonds is 5. The number of aromatic amines is 1. The van der Waals surface area contributed by atoms with E-state index in [1.165, 1.54) is 9.80 Å². The highest BCUT2D eigenvalue weighted by molar-refractivity contribution is 6.35. The zero-order valence-corrected chi connectivity index (χ0v) is 20.3. The molecular formula is C25H33N5O5. The monoisotopic (exact) mass is 483 g/mol. The maximum atomic E-state index is 13.5. The van der Waals surface area contributed by atoms with Crippen LogP contribution in [0, 0.1) is 5.92 Å². The second-order valence-corrected chi connectivity index (χ2v) is 9.30. The predicted octanol–water partition coefficient (Wildman–Crippen LogP) is 0.381. The topological polar surface area (TPSA) is 115 Å². The molecular weight excluding hydrogens is 450 g/mol. The number of carbonyl (C=O) groups is 4. The number of aromatic nitrogens is 1. The van der Waals surface area contributed by atoms with Gasteiger partial charge in [-0.1, -0.05) is 32.0 Å². The Kier molecular flexibility index (Phi) is 7.70. The molecule has 0 saturated carbocycles. The average molecular weight is 484 g/mol. The molecule has 4 amide bonds. The second-order valence-electron chi connectivity index (χ2n) is 9.30. The van der Waals surface area contributed by atoms with Crippen molar-refractivity contribution in [1.82, 2.24) is 25.0 Å². The molecule has 0 spiro atoms. The Bertz CT molecular complexity index is 1080. The van der Waals surface area contributed by atoms with Crippen molar-refractivity contribution in [3.63, 3.8) is 0 Å². The molecule has 0 radical (unpaired) electrons. The first-order chi connectivity index (χ1) is 16.8. The summed E-state index contributed by atoms with van der Waals surface area (Å²) in [6.45, 7) is 6.43. The van der Waals surface area contributed by atoms with Crippen molar-refractivity contribution in [2.24, 2.45) is 5.92 Å². The molecule has 35 heavy (non-hydrogen) atoms. The van der Waals surface area contributed by atoms with Crippen molar-refractivity contribution < 1.29 is 23.9 Å². The molecule has 0 bridgehead atoms. The number of fused-ring (bicyclic) bond motifs is 1. The lowest BCUT2D eigenvalue weighted by molar-refractivity contribution is -0.156. The molecule has 2 fully saturated rings. The quantitative estimate of drug-likeness (QED) is 0.597. The number of nitrogens with one attached hydrogen (secondary N) is 2. The van der Waals surface area contributed by atoms with Gasteiger partial charge in [-0.3, -0.25) is 19.2 Å². The van der Waals surface area contributed by atoms with Gasteiger partial charge in [0.05, 0.1) is 13.2 Å². The molecule has 2 saturated heterocycles. The molecule has 2 aromatic rings. The minimum absolute atomic E-state index is 0.184. The molecule has 1 unspecified atom stereocenters. The van der Waals surface area contributed by atoms with Crippen molar-refractivity contribution >= 4 is 34.5 Å². The first-order valence-electron chi connectivity index (χ1n) is 12.1. The number of amides is 4. The largest absolute Gasteiger partial charge is 0.378 e. The van der Waals surface area contributed by atoms with Crippen LogP contribution in [0.3, 0.4) is 0 Å². The van der Waals surface area contributed by atoms with E-state index in [0.29, 0.717) is 45.8 Å². The van der Waals surface area contributed by atoms with E-state index < -0.39 is 17.9 Å². The van der Waals surface area contributed by atoms with Crippen molar-refractivity contribution in [2.75, 3.05) is 52.5 Å². The highest BCUT2D eigenvalue weighted by atomic mass is 16.5. The first-order valence-corrected chi connectivity index (χ1v) is 12.1. The van der Waals surface area contributed by atoms with Crippen molar-refractivity contribution in [3.05, 3.63) is 36.0 Å². The minimum Gasteiger partial charge on any atom is -0.378 e. The molecule has 0 aliphatic carbocycles. The van der Waals surface area contributed by atoms with E-state index >= 15 is 0 Å². The van der Waals surface area contributed by atoms with E-state index in [1.54, 1.807) is 18.7 Å².